The zero-order chi connectivity index (χ0) is 21.4. The zero-order valence-electron chi connectivity index (χ0n) is 18.2. The van der Waals surface area contributed by atoms with Gasteiger partial charge in [0.2, 0.25) is 0 Å². The largest absolute Gasteiger partial charge is 0.370 e. The van der Waals surface area contributed by atoms with Crippen LogP contribution in [0, 0.1) is 22.6 Å². The number of hydrogen-bond donors (Lipinski definition) is 1. The summed E-state index contributed by atoms with van der Waals surface area (Å²) in [6.07, 6.45) is 6.43. The second kappa shape index (κ2) is 8.38. The molecule has 0 saturated carbocycles. The minimum Gasteiger partial charge on any atom is -0.370 e. The molecule has 5 heterocycles. The number of fused-ring (bicyclic) bond motifs is 1. The summed E-state index contributed by atoms with van der Waals surface area (Å²) in [5.41, 5.74) is 1.95. The number of nitrogens with one attached hydrogen (secondary N) is 1. The summed E-state index contributed by atoms with van der Waals surface area (Å²) in [6.45, 7) is 8.93. The molecule has 31 heavy (non-hydrogen) atoms. The molecule has 0 aromatic carbocycles. The maximum Gasteiger partial charge on any atom is 0.171 e. The Bertz CT molecular complexity index is 973. The number of nitriles is 1. The van der Waals surface area contributed by atoms with E-state index in [-0.39, 0.29) is 12.2 Å². The maximum atomic E-state index is 14.6. The molecule has 0 radical (unpaired) electrons. The van der Waals surface area contributed by atoms with E-state index in [2.05, 4.69) is 33.2 Å². The Balaban J connectivity index is 1.34. The van der Waals surface area contributed by atoms with Crippen LogP contribution in [0.1, 0.15) is 38.3 Å². The van der Waals surface area contributed by atoms with Gasteiger partial charge in [-0.1, -0.05) is 0 Å². The van der Waals surface area contributed by atoms with Crippen molar-refractivity contribution in [1.29, 1.82) is 5.26 Å². The summed E-state index contributed by atoms with van der Waals surface area (Å²) in [5.74, 6) is -0.397. The molecule has 0 amide bonds. The van der Waals surface area contributed by atoms with Crippen LogP contribution in [0.3, 0.4) is 0 Å². The molecule has 8 heteroatoms. The van der Waals surface area contributed by atoms with Crippen LogP contribution in [0.15, 0.2) is 18.3 Å². The summed E-state index contributed by atoms with van der Waals surface area (Å²) in [6, 6.07) is 5.66. The fourth-order valence-corrected chi connectivity index (χ4v) is 5.85. The Hall–Kier alpha value is -2.21. The average molecular weight is 427 g/mol. The smallest absolute Gasteiger partial charge is 0.171 e. The van der Waals surface area contributed by atoms with Gasteiger partial charge in [-0.25, -0.2) is 8.91 Å². The van der Waals surface area contributed by atoms with E-state index in [1.54, 1.807) is 6.07 Å². The maximum absolute atomic E-state index is 14.6. The minimum atomic E-state index is -0.397. The fraction of sp³-hybridized carbons (Fsp3) is 0.652. The van der Waals surface area contributed by atoms with Gasteiger partial charge in [0, 0.05) is 26.2 Å². The van der Waals surface area contributed by atoms with Gasteiger partial charge in [-0.05, 0) is 69.8 Å². The lowest BCUT2D eigenvalue weighted by atomic mass is 9.73. The lowest BCUT2D eigenvalue weighted by molar-refractivity contribution is -0.0466. The Morgan fingerprint density at radius 1 is 1.29 bits per heavy atom. The van der Waals surface area contributed by atoms with Crippen LogP contribution in [0.5, 0.6) is 0 Å². The van der Waals surface area contributed by atoms with Gasteiger partial charge >= 0.3 is 0 Å². The van der Waals surface area contributed by atoms with Crippen LogP contribution in [0.25, 0.3) is 5.52 Å². The number of morpholine rings is 1. The average Bonchev–Trinajstić information content (AvgIpc) is 3.15. The lowest BCUT2D eigenvalue weighted by Gasteiger charge is -2.47. The Morgan fingerprint density at radius 2 is 2.13 bits per heavy atom. The van der Waals surface area contributed by atoms with Crippen LogP contribution < -0.4 is 10.2 Å². The van der Waals surface area contributed by atoms with Crippen LogP contribution in [0.4, 0.5) is 10.1 Å². The molecule has 1 N–H and O–H groups in total. The number of ether oxygens (including phenoxy) is 1. The second-order valence-electron chi connectivity index (χ2n) is 9.53. The van der Waals surface area contributed by atoms with E-state index in [0.717, 1.165) is 38.4 Å². The molecule has 0 bridgehead atoms. The molecule has 166 valence electrons. The predicted molar refractivity (Wildman–Crippen MR) is 117 cm³/mol. The molecular formula is C23H31FN6O. The van der Waals surface area contributed by atoms with Gasteiger partial charge in [-0.15, -0.1) is 0 Å². The highest BCUT2D eigenvalue weighted by Crippen LogP contribution is 2.38. The Labute approximate surface area is 182 Å². The quantitative estimate of drug-likeness (QED) is 0.813. The van der Waals surface area contributed by atoms with Gasteiger partial charge in [0.15, 0.2) is 5.82 Å². The molecule has 1 spiro atoms. The third kappa shape index (κ3) is 4.02. The van der Waals surface area contributed by atoms with Gasteiger partial charge in [-0.2, -0.15) is 10.4 Å². The summed E-state index contributed by atoms with van der Waals surface area (Å²) in [4.78, 5) is 4.79. The number of piperidine rings is 2. The van der Waals surface area contributed by atoms with E-state index in [4.69, 9.17) is 4.74 Å². The molecule has 2 aromatic heterocycles. The molecule has 3 fully saturated rings. The highest BCUT2D eigenvalue weighted by Gasteiger charge is 2.38. The third-order valence-electron chi connectivity index (χ3n) is 7.24. The van der Waals surface area contributed by atoms with Crippen molar-refractivity contribution in [2.75, 3.05) is 50.7 Å². The first-order valence-corrected chi connectivity index (χ1v) is 11.5. The van der Waals surface area contributed by atoms with E-state index < -0.39 is 5.82 Å². The van der Waals surface area contributed by atoms with Gasteiger partial charge in [0.25, 0.3) is 0 Å². The zero-order valence-corrected chi connectivity index (χ0v) is 18.2. The van der Waals surface area contributed by atoms with Crippen molar-refractivity contribution in [3.05, 3.63) is 29.8 Å². The van der Waals surface area contributed by atoms with E-state index in [9.17, 15) is 9.65 Å². The van der Waals surface area contributed by atoms with Gasteiger partial charge in [0.1, 0.15) is 17.3 Å². The predicted octanol–water partition coefficient (Wildman–Crippen LogP) is 2.40. The van der Waals surface area contributed by atoms with Crippen LogP contribution in [-0.2, 0) is 4.74 Å². The van der Waals surface area contributed by atoms with Crippen molar-refractivity contribution in [1.82, 2.24) is 19.8 Å². The van der Waals surface area contributed by atoms with Crippen LogP contribution in [-0.4, -0.2) is 72.5 Å². The molecule has 5 rings (SSSR count). The number of aromatic nitrogens is 2. The number of halogens is 1. The number of hydrogen-bond acceptors (Lipinski definition) is 6. The number of nitrogens with zero attached hydrogens (tertiary/aromatic N) is 5. The van der Waals surface area contributed by atoms with E-state index in [1.165, 1.54) is 36.4 Å². The standard InChI is InChI=1S/C23H31FN6O/c1-17-13-29(21-4-3-18(11-25)30-22(21)20(24)12-27-30)15-19(31-17)14-28-10-2-5-23(16-28)6-8-26-9-7-23/h3-4,12,17,19,26H,2,5-10,13-16H2,1H3/t17-,19+/m1/s1. The summed E-state index contributed by atoms with van der Waals surface area (Å²) in [7, 11) is 0. The highest BCUT2D eigenvalue weighted by atomic mass is 19.1. The van der Waals surface area contributed by atoms with E-state index >= 15 is 0 Å². The third-order valence-corrected chi connectivity index (χ3v) is 7.24. The topological polar surface area (TPSA) is 68.8 Å². The number of pyridine rings is 1. The monoisotopic (exact) mass is 426 g/mol. The van der Waals surface area contributed by atoms with Crippen molar-refractivity contribution >= 4 is 11.2 Å². The van der Waals surface area contributed by atoms with Crippen LogP contribution in [0.2, 0.25) is 0 Å². The summed E-state index contributed by atoms with van der Waals surface area (Å²) in [5, 5.41) is 16.9. The lowest BCUT2D eigenvalue weighted by Crippen LogP contribution is -2.54. The minimum absolute atomic E-state index is 0.0538. The molecule has 3 saturated heterocycles. The first-order valence-electron chi connectivity index (χ1n) is 11.5. The first kappa shape index (κ1) is 20.7. The highest BCUT2D eigenvalue weighted by molar-refractivity contribution is 5.74. The van der Waals surface area contributed by atoms with Crippen LogP contribution >= 0.6 is 0 Å². The summed E-state index contributed by atoms with van der Waals surface area (Å²) < 4.78 is 22.3. The van der Waals surface area contributed by atoms with Crippen molar-refractivity contribution in [3.63, 3.8) is 0 Å². The normalized spacial score (nSPS) is 26.9. The van der Waals surface area contributed by atoms with E-state index in [0.29, 0.717) is 29.7 Å². The SMILES string of the molecule is C[C@@H]1CN(c2ccc(C#N)n3ncc(F)c23)C[C@H](CN2CCCC3(CCNCC3)C2)O1. The molecular weight excluding hydrogens is 395 g/mol. The molecule has 2 atom stereocenters. The molecule has 0 unspecified atom stereocenters. The Morgan fingerprint density at radius 3 is 2.94 bits per heavy atom. The van der Waals surface area contributed by atoms with E-state index in [1.807, 2.05) is 6.07 Å². The van der Waals surface area contributed by atoms with Gasteiger partial charge in [-0.3, -0.25) is 0 Å². The van der Waals surface area contributed by atoms with Crippen molar-refractivity contribution < 1.29 is 9.13 Å². The molecule has 7 nitrogen and oxygen atoms in total. The summed E-state index contributed by atoms with van der Waals surface area (Å²) >= 11 is 0. The number of likely N-dealkylation sites (tertiary alicyclic amines) is 1. The van der Waals surface area contributed by atoms with Gasteiger partial charge < -0.3 is 19.9 Å². The molecule has 0 aliphatic carbocycles. The fourth-order valence-electron chi connectivity index (χ4n) is 5.85. The second-order valence-corrected chi connectivity index (χ2v) is 9.53. The van der Waals surface area contributed by atoms with Crippen molar-refractivity contribution in [3.8, 4) is 6.07 Å². The number of rotatable bonds is 3. The Kier molecular flexibility index (Phi) is 5.59. The van der Waals surface area contributed by atoms with Gasteiger partial charge in [0.05, 0.1) is 24.1 Å². The number of anilines is 1. The first-order chi connectivity index (χ1) is 15.1. The van der Waals surface area contributed by atoms with Crippen molar-refractivity contribution in [2.24, 2.45) is 5.41 Å². The van der Waals surface area contributed by atoms with Crippen molar-refractivity contribution in [2.45, 2.75) is 44.8 Å². The molecule has 3 aliphatic rings. The molecule has 2 aromatic rings. The molecule has 3 aliphatic heterocycles.